The average molecular weight is 497 g/mol. The molecule has 0 radical (unpaired) electrons. The Balaban J connectivity index is 1.64. The number of methoxy groups -OCH3 is 1. The molecule has 0 bridgehead atoms. The lowest BCUT2D eigenvalue weighted by Gasteiger charge is -2.26. The highest BCUT2D eigenvalue weighted by Gasteiger charge is 2.36. The van der Waals surface area contributed by atoms with Gasteiger partial charge in [-0.05, 0) is 54.1 Å². The van der Waals surface area contributed by atoms with E-state index >= 15 is 0 Å². The Labute approximate surface area is 204 Å². The van der Waals surface area contributed by atoms with E-state index < -0.39 is 23.7 Å². The summed E-state index contributed by atoms with van der Waals surface area (Å²) in [6.45, 7) is -0.103. The van der Waals surface area contributed by atoms with Gasteiger partial charge in [-0.15, -0.1) is 0 Å². The van der Waals surface area contributed by atoms with Gasteiger partial charge in [0, 0.05) is 5.56 Å². The van der Waals surface area contributed by atoms with E-state index in [1.807, 2.05) is 0 Å². The fourth-order valence-electron chi connectivity index (χ4n) is 3.39. The highest BCUT2D eigenvalue weighted by Crippen LogP contribution is 2.38. The van der Waals surface area contributed by atoms with E-state index in [4.69, 9.17) is 21.1 Å². The number of carbonyl (C=O) groups is 3. The first kappa shape index (κ1) is 23.8. The van der Waals surface area contributed by atoms with Gasteiger partial charge in [0.1, 0.15) is 23.7 Å². The lowest BCUT2D eigenvalue weighted by Crippen LogP contribution is -2.54. The third-order valence-corrected chi connectivity index (χ3v) is 5.38. The maximum absolute atomic E-state index is 13.9. The van der Waals surface area contributed by atoms with Crippen LogP contribution in [0.25, 0.3) is 6.08 Å². The summed E-state index contributed by atoms with van der Waals surface area (Å²) in [5.74, 6) is -1.89. The molecule has 2 N–H and O–H groups in total. The molecule has 0 aliphatic carbocycles. The Morgan fingerprint density at radius 3 is 2.49 bits per heavy atom. The molecular weight excluding hydrogens is 479 g/mol. The molecule has 1 aliphatic rings. The van der Waals surface area contributed by atoms with Crippen LogP contribution in [0.1, 0.15) is 11.1 Å². The molecule has 3 aromatic rings. The highest BCUT2D eigenvalue weighted by molar-refractivity contribution is 6.39. The first-order chi connectivity index (χ1) is 16.8. The maximum Gasteiger partial charge on any atom is 0.335 e. The van der Waals surface area contributed by atoms with Crippen molar-refractivity contribution in [3.05, 3.63) is 88.2 Å². The summed E-state index contributed by atoms with van der Waals surface area (Å²) in [6, 6.07) is 13.5. The van der Waals surface area contributed by atoms with Crippen molar-refractivity contribution in [2.24, 2.45) is 0 Å². The van der Waals surface area contributed by atoms with Crippen molar-refractivity contribution in [1.82, 2.24) is 5.32 Å². The van der Waals surface area contributed by atoms with Gasteiger partial charge in [0.2, 0.25) is 0 Å². The summed E-state index contributed by atoms with van der Waals surface area (Å²) in [6.07, 6.45) is 1.26. The van der Waals surface area contributed by atoms with Gasteiger partial charge < -0.3 is 14.6 Å². The average Bonchev–Trinajstić information content (AvgIpc) is 2.83. The fraction of sp³-hybridized carbons (Fsp3) is 0.0800. The molecule has 1 heterocycles. The van der Waals surface area contributed by atoms with Crippen LogP contribution in [0.15, 0.2) is 66.2 Å². The second-order valence-corrected chi connectivity index (χ2v) is 7.80. The molecule has 1 aliphatic heterocycles. The summed E-state index contributed by atoms with van der Waals surface area (Å²) in [4.78, 5) is 38.5. The normalized spacial score (nSPS) is 14.8. The monoisotopic (exact) mass is 496 g/mol. The molecule has 0 spiro atoms. The number of carbonyl (C=O) groups excluding carboxylic acids is 3. The number of ether oxygens (including phenoxy) is 2. The number of urea groups is 1. The zero-order valence-electron chi connectivity index (χ0n) is 18.2. The molecule has 0 unspecified atom stereocenters. The number of nitrogens with zero attached hydrogens (tertiary/aromatic N) is 1. The number of hydrogen-bond acceptors (Lipinski definition) is 6. The van der Waals surface area contributed by atoms with Gasteiger partial charge in [0.05, 0.1) is 17.8 Å². The smallest absolute Gasteiger partial charge is 0.335 e. The van der Waals surface area contributed by atoms with E-state index in [-0.39, 0.29) is 40.1 Å². The van der Waals surface area contributed by atoms with Crippen LogP contribution in [0.3, 0.4) is 0 Å². The molecule has 3 aromatic carbocycles. The third-order valence-electron chi connectivity index (χ3n) is 5.10. The number of imide groups is 2. The van der Waals surface area contributed by atoms with Gasteiger partial charge in [-0.2, -0.15) is 0 Å². The fourth-order valence-corrected chi connectivity index (χ4v) is 3.66. The van der Waals surface area contributed by atoms with E-state index in [0.717, 1.165) is 4.90 Å². The number of hydrogen-bond donors (Lipinski definition) is 2. The van der Waals surface area contributed by atoms with Crippen LogP contribution in [0.5, 0.6) is 17.2 Å². The Bertz CT molecular complexity index is 1360. The molecule has 4 rings (SSSR count). The SMILES string of the molecule is COc1cc(/C=C2/C(=O)NC(=O)N(c3ccc(O)cc3)C2=O)cc(Cl)c1OCc1ccccc1F. The molecule has 35 heavy (non-hydrogen) atoms. The first-order valence-corrected chi connectivity index (χ1v) is 10.6. The number of amides is 4. The Morgan fingerprint density at radius 2 is 1.80 bits per heavy atom. The van der Waals surface area contributed by atoms with Crippen molar-refractivity contribution >= 4 is 41.2 Å². The quantitative estimate of drug-likeness (QED) is 0.386. The second-order valence-electron chi connectivity index (χ2n) is 7.39. The number of anilines is 1. The van der Waals surface area contributed by atoms with E-state index in [1.54, 1.807) is 18.2 Å². The van der Waals surface area contributed by atoms with Gasteiger partial charge >= 0.3 is 6.03 Å². The number of rotatable bonds is 6. The molecule has 8 nitrogen and oxygen atoms in total. The topological polar surface area (TPSA) is 105 Å². The summed E-state index contributed by atoms with van der Waals surface area (Å²) < 4.78 is 24.9. The summed E-state index contributed by atoms with van der Waals surface area (Å²) in [5, 5.41) is 11.7. The van der Waals surface area contributed by atoms with Crippen molar-refractivity contribution in [3.63, 3.8) is 0 Å². The van der Waals surface area contributed by atoms with Gasteiger partial charge in [0.25, 0.3) is 11.8 Å². The van der Waals surface area contributed by atoms with E-state index in [9.17, 15) is 23.9 Å². The maximum atomic E-state index is 13.9. The second kappa shape index (κ2) is 9.86. The molecule has 0 atom stereocenters. The molecule has 4 amide bonds. The number of aromatic hydroxyl groups is 1. The van der Waals surface area contributed by atoms with Crippen molar-refractivity contribution in [1.29, 1.82) is 0 Å². The van der Waals surface area contributed by atoms with Gasteiger partial charge in [0.15, 0.2) is 11.5 Å². The Kier molecular flexibility index (Phi) is 6.70. The van der Waals surface area contributed by atoms with Crippen LogP contribution < -0.4 is 19.7 Å². The number of benzene rings is 3. The van der Waals surface area contributed by atoms with Crippen LogP contribution >= 0.6 is 11.6 Å². The Morgan fingerprint density at radius 1 is 1.09 bits per heavy atom. The molecule has 1 fully saturated rings. The predicted molar refractivity (Wildman–Crippen MR) is 126 cm³/mol. The van der Waals surface area contributed by atoms with Crippen molar-refractivity contribution in [2.75, 3.05) is 12.0 Å². The van der Waals surface area contributed by atoms with Gasteiger partial charge in [-0.1, -0.05) is 29.8 Å². The third kappa shape index (κ3) is 4.95. The number of halogens is 2. The van der Waals surface area contributed by atoms with Crippen molar-refractivity contribution in [2.45, 2.75) is 6.61 Å². The van der Waals surface area contributed by atoms with Crippen LogP contribution in [0.2, 0.25) is 5.02 Å². The van der Waals surface area contributed by atoms with Gasteiger partial charge in [-0.25, -0.2) is 14.1 Å². The zero-order chi connectivity index (χ0) is 25.1. The van der Waals surface area contributed by atoms with E-state index in [2.05, 4.69) is 5.32 Å². The summed E-state index contributed by atoms with van der Waals surface area (Å²) in [5.41, 5.74) is 0.482. The molecule has 10 heteroatoms. The standard InChI is InChI=1S/C25H18ClFN2O6/c1-34-21-12-14(11-19(26)22(21)35-13-15-4-2-3-5-20(15)27)10-18-23(31)28-25(33)29(24(18)32)16-6-8-17(30)9-7-16/h2-12,30H,13H2,1H3,(H,28,31,33)/b18-10-. The zero-order valence-corrected chi connectivity index (χ0v) is 19.0. The van der Waals surface area contributed by atoms with Crippen molar-refractivity contribution in [3.8, 4) is 17.2 Å². The molecule has 1 saturated heterocycles. The summed E-state index contributed by atoms with van der Waals surface area (Å²) in [7, 11) is 1.38. The van der Waals surface area contributed by atoms with Crippen LogP contribution in [-0.2, 0) is 16.2 Å². The minimum Gasteiger partial charge on any atom is -0.508 e. The lowest BCUT2D eigenvalue weighted by atomic mass is 10.1. The first-order valence-electron chi connectivity index (χ1n) is 10.2. The Hall–Kier alpha value is -4.37. The van der Waals surface area contributed by atoms with Gasteiger partial charge in [-0.3, -0.25) is 14.9 Å². The van der Waals surface area contributed by atoms with Crippen molar-refractivity contribution < 1.29 is 33.4 Å². The lowest BCUT2D eigenvalue weighted by molar-refractivity contribution is -0.122. The number of phenols is 1. The minimum absolute atomic E-state index is 0.0514. The number of barbiturate groups is 1. The van der Waals surface area contributed by atoms with Crippen LogP contribution in [0.4, 0.5) is 14.9 Å². The van der Waals surface area contributed by atoms with Crippen LogP contribution in [-0.4, -0.2) is 30.1 Å². The van der Waals surface area contributed by atoms with Crippen LogP contribution in [0, 0.1) is 5.82 Å². The minimum atomic E-state index is -0.921. The molecule has 0 aromatic heterocycles. The van der Waals surface area contributed by atoms with E-state index in [1.165, 1.54) is 55.7 Å². The van der Waals surface area contributed by atoms with E-state index in [0.29, 0.717) is 11.1 Å². The largest absolute Gasteiger partial charge is 0.508 e. The molecule has 0 saturated carbocycles. The summed E-state index contributed by atoms with van der Waals surface area (Å²) >= 11 is 6.37. The molecule has 178 valence electrons. The number of phenolic OH excluding ortho intramolecular Hbond substituents is 1. The predicted octanol–water partition coefficient (Wildman–Crippen LogP) is 4.44. The number of nitrogens with one attached hydrogen (secondary N) is 1. The molecular formula is C25H18ClFN2O6. The highest BCUT2D eigenvalue weighted by atomic mass is 35.5.